The molecule has 1 N–H and O–H groups in total. The summed E-state index contributed by atoms with van der Waals surface area (Å²) < 4.78 is 2.24. The van der Waals surface area contributed by atoms with Crippen molar-refractivity contribution in [2.75, 3.05) is 0 Å². The molecule has 2 aromatic carbocycles. The standard InChI is InChI=1S/C21H19N3S/c1-14-19-17(20(24(14)2)16-11-7-4-8-12-16)13-18(22-23-21(19)25)15-9-5-3-6-10-15/h3-12H,13H2,1-2H3,(H,23,25). The largest absolute Gasteiger partial charge is 0.347 e. The predicted molar refractivity (Wildman–Crippen MR) is 107 cm³/mol. The molecule has 0 bridgehead atoms. The fourth-order valence-corrected chi connectivity index (χ4v) is 3.81. The van der Waals surface area contributed by atoms with Crippen LogP contribution in [0.2, 0.25) is 0 Å². The average molecular weight is 345 g/mol. The molecule has 4 rings (SSSR count). The minimum absolute atomic E-state index is 0.691. The lowest BCUT2D eigenvalue weighted by Gasteiger charge is -2.10. The number of thiocarbonyl (C=S) groups is 1. The van der Waals surface area contributed by atoms with E-state index < -0.39 is 0 Å². The smallest absolute Gasteiger partial charge is 0.128 e. The molecule has 0 radical (unpaired) electrons. The van der Waals surface area contributed by atoms with Crippen molar-refractivity contribution in [3.63, 3.8) is 0 Å². The average Bonchev–Trinajstić information content (AvgIpc) is 2.78. The van der Waals surface area contributed by atoms with Gasteiger partial charge in [0.2, 0.25) is 0 Å². The molecule has 0 amide bonds. The molecule has 0 saturated heterocycles. The zero-order chi connectivity index (χ0) is 17.4. The number of rotatable bonds is 2. The van der Waals surface area contributed by atoms with Crippen molar-refractivity contribution in [1.82, 2.24) is 9.99 Å². The van der Waals surface area contributed by atoms with Crippen molar-refractivity contribution in [2.45, 2.75) is 13.3 Å². The molecular formula is C21H19N3S. The highest BCUT2D eigenvalue weighted by Gasteiger charge is 2.26. The molecule has 0 atom stereocenters. The number of fused-ring (bicyclic) bond motifs is 1. The molecule has 1 aliphatic rings. The molecule has 0 fully saturated rings. The molecule has 1 aliphatic heterocycles. The fraction of sp³-hybridized carbons (Fsp3) is 0.143. The van der Waals surface area contributed by atoms with Crippen LogP contribution in [0.5, 0.6) is 0 Å². The van der Waals surface area contributed by atoms with E-state index in [0.717, 1.165) is 29.0 Å². The summed E-state index contributed by atoms with van der Waals surface area (Å²) in [6.45, 7) is 2.12. The van der Waals surface area contributed by atoms with Crippen LogP contribution in [-0.2, 0) is 13.5 Å². The summed E-state index contributed by atoms with van der Waals surface area (Å²) in [7, 11) is 2.11. The molecular weight excluding hydrogens is 326 g/mol. The third kappa shape index (κ3) is 2.68. The van der Waals surface area contributed by atoms with Crippen LogP contribution in [0.4, 0.5) is 0 Å². The van der Waals surface area contributed by atoms with Crippen molar-refractivity contribution in [1.29, 1.82) is 0 Å². The van der Waals surface area contributed by atoms with Gasteiger partial charge in [0.15, 0.2) is 0 Å². The van der Waals surface area contributed by atoms with Gasteiger partial charge in [0.25, 0.3) is 0 Å². The van der Waals surface area contributed by atoms with Gasteiger partial charge in [-0.2, -0.15) is 5.10 Å². The molecule has 3 aromatic rings. The van der Waals surface area contributed by atoms with Crippen molar-refractivity contribution < 1.29 is 0 Å². The Balaban J connectivity index is 1.91. The minimum atomic E-state index is 0.691. The van der Waals surface area contributed by atoms with Crippen LogP contribution in [0.1, 0.15) is 22.4 Å². The molecule has 0 saturated carbocycles. The zero-order valence-corrected chi connectivity index (χ0v) is 15.1. The molecule has 4 heteroatoms. The molecule has 124 valence electrons. The van der Waals surface area contributed by atoms with Crippen LogP contribution in [0.3, 0.4) is 0 Å². The first kappa shape index (κ1) is 15.8. The third-order valence-corrected chi connectivity index (χ3v) is 5.10. The van der Waals surface area contributed by atoms with E-state index in [1.807, 2.05) is 24.3 Å². The highest BCUT2D eigenvalue weighted by atomic mass is 32.1. The van der Waals surface area contributed by atoms with Gasteiger partial charge >= 0.3 is 0 Å². The lowest BCUT2D eigenvalue weighted by atomic mass is 9.96. The van der Waals surface area contributed by atoms with Crippen molar-refractivity contribution in [3.8, 4) is 11.3 Å². The normalized spacial score (nSPS) is 13.7. The van der Waals surface area contributed by atoms with Gasteiger partial charge in [0.05, 0.1) is 11.4 Å². The number of aromatic nitrogens is 1. The number of hydrogen-bond acceptors (Lipinski definition) is 2. The first-order valence-corrected chi connectivity index (χ1v) is 8.73. The van der Waals surface area contributed by atoms with E-state index in [0.29, 0.717) is 4.99 Å². The first-order chi connectivity index (χ1) is 12.2. The second kappa shape index (κ2) is 6.30. The van der Waals surface area contributed by atoms with E-state index in [4.69, 9.17) is 12.2 Å². The van der Waals surface area contributed by atoms with Gasteiger partial charge in [0, 0.05) is 24.7 Å². The fourth-order valence-electron chi connectivity index (χ4n) is 3.49. The maximum atomic E-state index is 5.63. The Bertz CT molecular complexity index is 969. The topological polar surface area (TPSA) is 29.3 Å². The quantitative estimate of drug-likeness (QED) is 0.705. The Labute approximate surface area is 153 Å². The Morgan fingerprint density at radius 1 is 0.960 bits per heavy atom. The van der Waals surface area contributed by atoms with Crippen molar-refractivity contribution >= 4 is 22.9 Å². The van der Waals surface area contributed by atoms with Crippen molar-refractivity contribution in [2.24, 2.45) is 12.1 Å². The number of nitrogens with zero attached hydrogens (tertiary/aromatic N) is 2. The van der Waals surface area contributed by atoms with E-state index in [1.54, 1.807) is 0 Å². The van der Waals surface area contributed by atoms with E-state index in [2.05, 4.69) is 65.5 Å². The summed E-state index contributed by atoms with van der Waals surface area (Å²) in [6, 6.07) is 20.8. The summed E-state index contributed by atoms with van der Waals surface area (Å²) in [6.07, 6.45) is 0.748. The third-order valence-electron chi connectivity index (χ3n) is 4.81. The Kier molecular flexibility index (Phi) is 3.98. The van der Waals surface area contributed by atoms with Gasteiger partial charge in [-0.15, -0.1) is 0 Å². The van der Waals surface area contributed by atoms with E-state index in [1.165, 1.54) is 16.8 Å². The van der Waals surface area contributed by atoms with E-state index in [-0.39, 0.29) is 0 Å². The lowest BCUT2D eigenvalue weighted by Crippen LogP contribution is -2.17. The van der Waals surface area contributed by atoms with Gasteiger partial charge < -0.3 is 4.57 Å². The number of hydrogen-bond donors (Lipinski definition) is 1. The van der Waals surface area contributed by atoms with Crippen LogP contribution in [0.15, 0.2) is 65.8 Å². The molecule has 2 heterocycles. The van der Waals surface area contributed by atoms with Gasteiger partial charge in [-0.1, -0.05) is 72.9 Å². The number of hydrazone groups is 1. The molecule has 0 aliphatic carbocycles. The summed E-state index contributed by atoms with van der Waals surface area (Å²) >= 11 is 5.63. The van der Waals surface area contributed by atoms with Gasteiger partial charge in [0.1, 0.15) is 4.99 Å². The molecule has 25 heavy (non-hydrogen) atoms. The van der Waals surface area contributed by atoms with E-state index in [9.17, 15) is 0 Å². The van der Waals surface area contributed by atoms with Crippen molar-refractivity contribution in [3.05, 3.63) is 83.0 Å². The van der Waals surface area contributed by atoms with E-state index >= 15 is 0 Å². The maximum absolute atomic E-state index is 5.63. The Morgan fingerprint density at radius 2 is 1.56 bits per heavy atom. The molecule has 0 unspecified atom stereocenters. The SMILES string of the molecule is Cc1c2c(c(-c3ccccc3)n1C)CC(c1ccccc1)=NNC2=S. The number of benzene rings is 2. The highest BCUT2D eigenvalue weighted by Crippen LogP contribution is 2.33. The number of nitrogens with one attached hydrogen (secondary N) is 1. The van der Waals surface area contributed by atoms with Gasteiger partial charge in [-0.05, 0) is 23.6 Å². The highest BCUT2D eigenvalue weighted by molar-refractivity contribution is 7.80. The summed E-state index contributed by atoms with van der Waals surface area (Å²) in [4.78, 5) is 0.691. The molecule has 0 spiro atoms. The van der Waals surface area contributed by atoms with Crippen LogP contribution < -0.4 is 5.43 Å². The summed E-state index contributed by atoms with van der Waals surface area (Å²) in [5, 5.41) is 4.58. The zero-order valence-electron chi connectivity index (χ0n) is 14.3. The molecule has 1 aromatic heterocycles. The van der Waals surface area contributed by atoms with Crippen LogP contribution in [-0.4, -0.2) is 15.3 Å². The summed E-state index contributed by atoms with van der Waals surface area (Å²) in [5.74, 6) is 0. The first-order valence-electron chi connectivity index (χ1n) is 8.32. The second-order valence-electron chi connectivity index (χ2n) is 6.25. The van der Waals surface area contributed by atoms with Crippen LogP contribution >= 0.6 is 12.2 Å². The predicted octanol–water partition coefficient (Wildman–Crippen LogP) is 4.23. The van der Waals surface area contributed by atoms with Crippen LogP contribution in [0.25, 0.3) is 11.3 Å². The molecule has 3 nitrogen and oxygen atoms in total. The maximum Gasteiger partial charge on any atom is 0.128 e. The van der Waals surface area contributed by atoms with Gasteiger partial charge in [-0.25, -0.2) is 0 Å². The minimum Gasteiger partial charge on any atom is -0.347 e. The Morgan fingerprint density at radius 3 is 2.20 bits per heavy atom. The second-order valence-corrected chi connectivity index (χ2v) is 6.66. The lowest BCUT2D eigenvalue weighted by molar-refractivity contribution is 0.885. The Hall–Kier alpha value is -2.72. The van der Waals surface area contributed by atoms with Gasteiger partial charge in [-0.3, -0.25) is 5.43 Å². The van der Waals surface area contributed by atoms with Crippen LogP contribution in [0, 0.1) is 6.92 Å². The monoisotopic (exact) mass is 345 g/mol. The summed E-state index contributed by atoms with van der Waals surface area (Å²) in [5.41, 5.74) is 11.1.